The number of hydrogen-bond acceptors (Lipinski definition) is 3. The summed E-state index contributed by atoms with van der Waals surface area (Å²) in [6, 6.07) is 0.272. The molecule has 2 rings (SSSR count). The molecule has 0 aromatic heterocycles. The van der Waals surface area contributed by atoms with E-state index in [1.54, 1.807) is 0 Å². The molecule has 2 aliphatic rings. The summed E-state index contributed by atoms with van der Waals surface area (Å²) in [5.74, 6) is 0.946. The zero-order valence-corrected chi connectivity index (χ0v) is 12.9. The number of amides is 1. The van der Waals surface area contributed by atoms with Crippen molar-refractivity contribution in [3.05, 3.63) is 0 Å². The molecule has 1 atom stereocenters. The first kappa shape index (κ1) is 15.6. The van der Waals surface area contributed by atoms with E-state index in [0.29, 0.717) is 6.61 Å². The molecular weight excluding hydrogens is 252 g/mol. The van der Waals surface area contributed by atoms with Gasteiger partial charge in [-0.25, -0.2) is 4.79 Å². The third-order valence-electron chi connectivity index (χ3n) is 4.68. The van der Waals surface area contributed by atoms with Crippen molar-refractivity contribution in [2.45, 2.75) is 64.3 Å². The number of hydrogen-bond donors (Lipinski definition) is 1. The van der Waals surface area contributed by atoms with E-state index in [4.69, 9.17) is 4.74 Å². The third kappa shape index (κ3) is 5.31. The Kier molecular flexibility index (Phi) is 6.64. The summed E-state index contributed by atoms with van der Waals surface area (Å²) in [7, 11) is 0. The summed E-state index contributed by atoms with van der Waals surface area (Å²) in [5.41, 5.74) is 0. The summed E-state index contributed by atoms with van der Waals surface area (Å²) < 4.78 is 4.97. The Hall–Kier alpha value is -0.770. The minimum absolute atomic E-state index is 0.258. The highest BCUT2D eigenvalue weighted by atomic mass is 16.5. The maximum atomic E-state index is 11.5. The molecule has 1 aliphatic carbocycles. The number of ether oxygens (including phenoxy) is 1. The lowest BCUT2D eigenvalue weighted by molar-refractivity contribution is 0.131. The molecule has 20 heavy (non-hydrogen) atoms. The van der Waals surface area contributed by atoms with Gasteiger partial charge in [-0.1, -0.05) is 32.1 Å². The Morgan fingerprint density at radius 1 is 1.20 bits per heavy atom. The third-order valence-corrected chi connectivity index (χ3v) is 4.68. The number of carbonyl (C=O) groups excluding carboxylic acids is 1. The van der Waals surface area contributed by atoms with Crippen LogP contribution in [-0.2, 0) is 4.74 Å². The van der Waals surface area contributed by atoms with Crippen LogP contribution in [0.3, 0.4) is 0 Å². The quantitative estimate of drug-likeness (QED) is 0.842. The fraction of sp³-hybridized carbons (Fsp3) is 0.938. The molecule has 0 unspecified atom stereocenters. The highest BCUT2D eigenvalue weighted by molar-refractivity contribution is 5.67. The molecule has 1 aliphatic heterocycles. The molecule has 1 amide bonds. The normalized spacial score (nSPS) is 25.4. The summed E-state index contributed by atoms with van der Waals surface area (Å²) >= 11 is 0. The number of carbonyl (C=O) groups is 1. The van der Waals surface area contributed by atoms with Crippen LogP contribution in [0.2, 0.25) is 0 Å². The first-order valence-electron chi connectivity index (χ1n) is 8.43. The Labute approximate surface area is 123 Å². The van der Waals surface area contributed by atoms with Crippen molar-refractivity contribution in [1.29, 1.82) is 0 Å². The van der Waals surface area contributed by atoms with E-state index < -0.39 is 0 Å². The lowest BCUT2D eigenvalue weighted by Crippen LogP contribution is -2.48. The van der Waals surface area contributed by atoms with Gasteiger partial charge in [-0.15, -0.1) is 0 Å². The monoisotopic (exact) mass is 282 g/mol. The Morgan fingerprint density at radius 3 is 2.75 bits per heavy atom. The van der Waals surface area contributed by atoms with Crippen LogP contribution >= 0.6 is 0 Å². The maximum absolute atomic E-state index is 11.5. The van der Waals surface area contributed by atoms with E-state index in [2.05, 4.69) is 10.2 Å². The second kappa shape index (κ2) is 8.50. The summed E-state index contributed by atoms with van der Waals surface area (Å²) in [6.07, 6.45) is 10.5. The van der Waals surface area contributed by atoms with Crippen LogP contribution in [0.25, 0.3) is 0 Å². The van der Waals surface area contributed by atoms with Gasteiger partial charge in [0, 0.05) is 12.6 Å². The van der Waals surface area contributed by atoms with Gasteiger partial charge < -0.3 is 15.0 Å². The highest BCUT2D eigenvalue weighted by Gasteiger charge is 2.22. The Balaban J connectivity index is 1.65. The molecule has 0 bridgehead atoms. The standard InChI is InChI=1S/C16H30N2O2/c1-2-20-16(19)17-15-9-6-11-18(13-15)12-10-14-7-4-3-5-8-14/h14-15H,2-13H2,1H3,(H,17,19)/t15-/m1/s1. The van der Waals surface area contributed by atoms with Crippen molar-refractivity contribution in [3.8, 4) is 0 Å². The highest BCUT2D eigenvalue weighted by Crippen LogP contribution is 2.26. The van der Waals surface area contributed by atoms with Crippen LogP contribution in [0.1, 0.15) is 58.3 Å². The second-order valence-corrected chi connectivity index (χ2v) is 6.30. The summed E-state index contributed by atoms with van der Waals surface area (Å²) in [4.78, 5) is 14.0. The minimum atomic E-state index is -0.258. The van der Waals surface area contributed by atoms with Crippen LogP contribution in [-0.4, -0.2) is 43.3 Å². The van der Waals surface area contributed by atoms with E-state index >= 15 is 0 Å². The van der Waals surface area contributed by atoms with Gasteiger partial charge in [0.05, 0.1) is 6.61 Å². The van der Waals surface area contributed by atoms with E-state index in [1.807, 2.05) is 6.92 Å². The zero-order chi connectivity index (χ0) is 14.2. The van der Waals surface area contributed by atoms with Crippen molar-refractivity contribution in [3.63, 3.8) is 0 Å². The fourth-order valence-electron chi connectivity index (χ4n) is 3.56. The van der Waals surface area contributed by atoms with Crippen molar-refractivity contribution in [1.82, 2.24) is 10.2 Å². The van der Waals surface area contributed by atoms with Gasteiger partial charge in [0.2, 0.25) is 0 Å². The van der Waals surface area contributed by atoms with Gasteiger partial charge in [0.15, 0.2) is 0 Å². The van der Waals surface area contributed by atoms with Crippen molar-refractivity contribution in [2.24, 2.45) is 5.92 Å². The molecule has 2 fully saturated rings. The fourth-order valence-corrected chi connectivity index (χ4v) is 3.56. The average molecular weight is 282 g/mol. The molecule has 0 radical (unpaired) electrons. The predicted molar refractivity (Wildman–Crippen MR) is 80.8 cm³/mol. The lowest BCUT2D eigenvalue weighted by Gasteiger charge is -2.34. The largest absolute Gasteiger partial charge is 0.450 e. The van der Waals surface area contributed by atoms with Gasteiger partial charge in [-0.2, -0.15) is 0 Å². The van der Waals surface area contributed by atoms with Crippen molar-refractivity contribution < 1.29 is 9.53 Å². The molecule has 1 saturated heterocycles. The van der Waals surface area contributed by atoms with Crippen LogP contribution in [0, 0.1) is 5.92 Å². The number of alkyl carbamates (subject to hydrolysis) is 1. The Morgan fingerprint density at radius 2 is 2.00 bits per heavy atom. The van der Waals surface area contributed by atoms with Crippen LogP contribution in [0.4, 0.5) is 4.79 Å². The van der Waals surface area contributed by atoms with Gasteiger partial charge >= 0.3 is 6.09 Å². The smallest absolute Gasteiger partial charge is 0.407 e. The van der Waals surface area contributed by atoms with Crippen LogP contribution in [0.5, 0.6) is 0 Å². The molecule has 4 nitrogen and oxygen atoms in total. The first-order valence-corrected chi connectivity index (χ1v) is 8.43. The number of nitrogens with zero attached hydrogens (tertiary/aromatic N) is 1. The molecule has 116 valence electrons. The van der Waals surface area contributed by atoms with E-state index in [1.165, 1.54) is 58.0 Å². The molecule has 1 heterocycles. The molecule has 1 N–H and O–H groups in total. The number of piperidine rings is 1. The lowest BCUT2D eigenvalue weighted by atomic mass is 9.87. The first-order chi connectivity index (χ1) is 9.78. The van der Waals surface area contributed by atoms with E-state index in [9.17, 15) is 4.79 Å². The number of likely N-dealkylation sites (tertiary alicyclic amines) is 1. The molecule has 1 saturated carbocycles. The van der Waals surface area contributed by atoms with Crippen molar-refractivity contribution in [2.75, 3.05) is 26.2 Å². The average Bonchev–Trinajstić information content (AvgIpc) is 2.47. The van der Waals surface area contributed by atoms with Gasteiger partial charge in [0.25, 0.3) is 0 Å². The van der Waals surface area contributed by atoms with Crippen molar-refractivity contribution >= 4 is 6.09 Å². The topological polar surface area (TPSA) is 41.6 Å². The summed E-state index contributed by atoms with van der Waals surface area (Å²) in [6.45, 7) is 5.67. The Bertz CT molecular complexity index is 290. The van der Waals surface area contributed by atoms with Crippen LogP contribution < -0.4 is 5.32 Å². The predicted octanol–water partition coefficient (Wildman–Crippen LogP) is 3.17. The molecule has 4 heteroatoms. The van der Waals surface area contributed by atoms with E-state index in [-0.39, 0.29) is 12.1 Å². The SMILES string of the molecule is CCOC(=O)N[C@@H]1CCCN(CCC2CCCCC2)C1. The molecule has 0 aromatic rings. The van der Waals surface area contributed by atoms with E-state index in [0.717, 1.165) is 18.9 Å². The maximum Gasteiger partial charge on any atom is 0.407 e. The molecule has 0 spiro atoms. The number of nitrogens with one attached hydrogen (secondary N) is 1. The second-order valence-electron chi connectivity index (χ2n) is 6.30. The summed E-state index contributed by atoms with van der Waals surface area (Å²) in [5, 5.41) is 2.98. The minimum Gasteiger partial charge on any atom is -0.450 e. The molecule has 0 aromatic carbocycles. The van der Waals surface area contributed by atoms with Gasteiger partial charge in [-0.05, 0) is 45.2 Å². The zero-order valence-electron chi connectivity index (χ0n) is 12.9. The number of rotatable bonds is 5. The van der Waals surface area contributed by atoms with Gasteiger partial charge in [0.1, 0.15) is 0 Å². The van der Waals surface area contributed by atoms with Crippen LogP contribution in [0.15, 0.2) is 0 Å². The molecular formula is C16H30N2O2. The van der Waals surface area contributed by atoms with Gasteiger partial charge in [-0.3, -0.25) is 0 Å².